The number of allylic oxidation sites excluding steroid dienone is 4. The fourth-order valence-electron chi connectivity index (χ4n) is 2.50. The monoisotopic (exact) mass is 379 g/mol. The number of benzene rings is 1. The molecule has 2 aliphatic carbocycles. The molecule has 1 aromatic carbocycles. The predicted molar refractivity (Wildman–Crippen MR) is 77.4 cm³/mol. The Bertz CT molecular complexity index is 428. The Kier molecular flexibility index (Phi) is 10.0. The molecule has 0 spiro atoms. The van der Waals surface area contributed by atoms with Crippen LogP contribution in [-0.4, -0.2) is 13.1 Å². The summed E-state index contributed by atoms with van der Waals surface area (Å²) in [5, 5.41) is 0. The van der Waals surface area contributed by atoms with Gasteiger partial charge in [-0.2, -0.15) is 0 Å². The third kappa shape index (κ3) is 5.14. The van der Waals surface area contributed by atoms with Crippen molar-refractivity contribution in [3.8, 4) is 0 Å². The quantitative estimate of drug-likeness (QED) is 0.503. The average Bonchev–Trinajstić information content (AvgIpc) is 2.45. The fraction of sp³-hybridized carbons (Fsp3) is 0.375. The van der Waals surface area contributed by atoms with Gasteiger partial charge in [0.15, 0.2) is 0 Å². The molecular weight excluding hydrogens is 357 g/mol. The molecule has 0 atom stereocenters. The molecule has 2 aliphatic rings. The summed E-state index contributed by atoms with van der Waals surface area (Å²) in [4.78, 5) is 0. The molecule has 0 saturated heterocycles. The van der Waals surface area contributed by atoms with E-state index in [2.05, 4.69) is 36.4 Å². The molecule has 0 amide bonds. The molecule has 0 unspecified atom stereocenters. The minimum absolute atomic E-state index is 0. The summed E-state index contributed by atoms with van der Waals surface area (Å²) >= 11 is 0. The summed E-state index contributed by atoms with van der Waals surface area (Å²) in [6.07, 6.45) is 9.37. The smallest absolute Gasteiger partial charge is 1.00 e. The summed E-state index contributed by atoms with van der Waals surface area (Å²) in [5.74, 6) is 0. The summed E-state index contributed by atoms with van der Waals surface area (Å²) < 4.78 is 0. The maximum Gasteiger partial charge on any atom is 2.00 e. The van der Waals surface area contributed by atoms with Crippen molar-refractivity contribution in [3.63, 3.8) is 0 Å². The average molecular weight is 379 g/mol. The molecule has 0 aromatic heterocycles. The van der Waals surface area contributed by atoms with E-state index >= 15 is 0 Å². The Morgan fingerprint density at radius 3 is 1.55 bits per heavy atom. The predicted octanol–water partition coefficient (Wildman–Crippen LogP) is -0.663. The van der Waals surface area contributed by atoms with Gasteiger partial charge in [0, 0.05) is 13.1 Å². The molecule has 1 aromatic rings. The number of hydrogen-bond acceptors (Lipinski definition) is 2. The van der Waals surface area contributed by atoms with Crippen molar-refractivity contribution in [1.29, 1.82) is 0 Å². The number of fused-ring (bicyclic) bond motifs is 1. The van der Waals surface area contributed by atoms with Crippen LogP contribution >= 0.6 is 0 Å². The van der Waals surface area contributed by atoms with Crippen LogP contribution in [0, 0.1) is 0 Å². The van der Waals surface area contributed by atoms with Crippen molar-refractivity contribution in [2.45, 2.75) is 25.7 Å². The van der Waals surface area contributed by atoms with Gasteiger partial charge in [-0.15, -0.1) is 0 Å². The van der Waals surface area contributed by atoms with Gasteiger partial charge >= 0.3 is 19.5 Å². The fourth-order valence-corrected chi connectivity index (χ4v) is 2.50. The van der Waals surface area contributed by atoms with Gasteiger partial charge in [0.05, 0.1) is 0 Å². The summed E-state index contributed by atoms with van der Waals surface area (Å²) in [7, 11) is 0. The Hall–Kier alpha value is -0.467. The van der Waals surface area contributed by atoms with Crippen LogP contribution in [-0.2, 0) is 32.3 Å². The van der Waals surface area contributed by atoms with E-state index in [1.165, 1.54) is 25.7 Å². The van der Waals surface area contributed by atoms with Gasteiger partial charge in [-0.3, -0.25) is 0 Å². The molecule has 4 heteroatoms. The van der Waals surface area contributed by atoms with E-state index in [1.54, 1.807) is 22.3 Å². The number of nitrogens with two attached hydrogens (primary N) is 2. The van der Waals surface area contributed by atoms with E-state index in [0.29, 0.717) is 13.1 Å². The molecule has 0 fully saturated rings. The zero-order valence-electron chi connectivity index (χ0n) is 11.6. The second-order valence-electron chi connectivity index (χ2n) is 4.79. The van der Waals surface area contributed by atoms with Gasteiger partial charge in [-0.1, -0.05) is 47.6 Å². The maximum atomic E-state index is 4.90. The Morgan fingerprint density at radius 2 is 1.20 bits per heavy atom. The van der Waals surface area contributed by atoms with Crippen molar-refractivity contribution in [3.05, 3.63) is 58.7 Å². The summed E-state index contributed by atoms with van der Waals surface area (Å²) in [6.45, 7) is 1.19. The van der Waals surface area contributed by atoms with E-state index in [0.717, 1.165) is 0 Å². The van der Waals surface area contributed by atoms with Gasteiger partial charge in [0.25, 0.3) is 0 Å². The van der Waals surface area contributed by atoms with E-state index < -0.39 is 0 Å². The van der Waals surface area contributed by atoms with Crippen LogP contribution in [0.5, 0.6) is 0 Å². The first kappa shape index (κ1) is 19.5. The van der Waals surface area contributed by atoms with Crippen LogP contribution in [0.4, 0.5) is 0 Å². The Balaban J connectivity index is 0.000000542. The minimum atomic E-state index is 0. The SMILES string of the molecule is C1=CCC2=C(C1)Cc1ccccc1C2.NCCN.[Cl-].[Ru+2]. The number of halogens is 1. The van der Waals surface area contributed by atoms with Crippen LogP contribution in [0.2, 0.25) is 0 Å². The standard InChI is InChI=1S/C14H14.C2H8N2.ClH.Ru/c1-2-6-12-10-14-8-4-3-7-13(14)9-11(12)5-1;3-1-2-4;;/h1-6H,7-10H2;1-4H2;1H;/q;;;+2/p-1. The largest absolute Gasteiger partial charge is 2.00 e. The van der Waals surface area contributed by atoms with Crippen LogP contribution in [0.3, 0.4) is 0 Å². The topological polar surface area (TPSA) is 52.0 Å². The van der Waals surface area contributed by atoms with Crippen molar-refractivity contribution in [2.75, 3.05) is 13.1 Å². The second kappa shape index (κ2) is 10.3. The van der Waals surface area contributed by atoms with Crippen molar-refractivity contribution < 1.29 is 31.9 Å². The molecule has 0 heterocycles. The summed E-state index contributed by atoms with van der Waals surface area (Å²) in [5.41, 5.74) is 16.2. The molecule has 0 saturated carbocycles. The first-order chi connectivity index (χ1) is 8.85. The van der Waals surface area contributed by atoms with E-state index in [4.69, 9.17) is 11.5 Å². The molecule has 110 valence electrons. The first-order valence-electron chi connectivity index (χ1n) is 6.66. The van der Waals surface area contributed by atoms with E-state index in [1.807, 2.05) is 0 Å². The van der Waals surface area contributed by atoms with Crippen LogP contribution in [0.1, 0.15) is 24.0 Å². The van der Waals surface area contributed by atoms with Crippen molar-refractivity contribution >= 4 is 0 Å². The first-order valence-corrected chi connectivity index (χ1v) is 6.66. The molecule has 3 rings (SSSR count). The molecule has 4 N–H and O–H groups in total. The third-order valence-electron chi connectivity index (χ3n) is 3.49. The molecule has 0 bridgehead atoms. The Labute approximate surface area is 140 Å². The zero-order chi connectivity index (χ0) is 12.8. The van der Waals surface area contributed by atoms with Crippen LogP contribution < -0.4 is 23.9 Å². The van der Waals surface area contributed by atoms with Gasteiger partial charge < -0.3 is 23.9 Å². The van der Waals surface area contributed by atoms with Crippen LogP contribution in [0.25, 0.3) is 0 Å². The third-order valence-corrected chi connectivity index (χ3v) is 3.49. The van der Waals surface area contributed by atoms with E-state index in [9.17, 15) is 0 Å². The maximum absolute atomic E-state index is 4.90. The molecule has 0 radical (unpaired) electrons. The number of rotatable bonds is 1. The number of hydrogen-bond donors (Lipinski definition) is 2. The van der Waals surface area contributed by atoms with Gasteiger partial charge in [0.1, 0.15) is 0 Å². The van der Waals surface area contributed by atoms with Crippen molar-refractivity contribution in [1.82, 2.24) is 0 Å². The van der Waals surface area contributed by atoms with E-state index in [-0.39, 0.29) is 31.9 Å². The summed E-state index contributed by atoms with van der Waals surface area (Å²) in [6, 6.07) is 8.86. The van der Waals surface area contributed by atoms with Gasteiger partial charge in [0.2, 0.25) is 0 Å². The molecule has 0 aliphatic heterocycles. The normalized spacial score (nSPS) is 14.9. The van der Waals surface area contributed by atoms with Gasteiger partial charge in [-0.25, -0.2) is 0 Å². The van der Waals surface area contributed by atoms with Crippen LogP contribution in [0.15, 0.2) is 47.6 Å². The zero-order valence-corrected chi connectivity index (χ0v) is 14.1. The Morgan fingerprint density at radius 1 is 0.800 bits per heavy atom. The molecule has 20 heavy (non-hydrogen) atoms. The van der Waals surface area contributed by atoms with Gasteiger partial charge in [-0.05, 0) is 36.8 Å². The molecule has 2 nitrogen and oxygen atoms in total. The molecular formula is C16H22ClN2Ru+. The van der Waals surface area contributed by atoms with Crippen molar-refractivity contribution in [2.24, 2.45) is 11.5 Å². The minimum Gasteiger partial charge on any atom is -1.00 e. The second-order valence-corrected chi connectivity index (χ2v) is 4.79.